The molecule has 3 aliphatic rings. The predicted octanol–water partition coefficient (Wildman–Crippen LogP) is 2.23. The molecule has 6 atom stereocenters. The molecular weight excluding hydrogens is 554 g/mol. The maximum Gasteiger partial charge on any atom is 0.340 e. The van der Waals surface area contributed by atoms with Gasteiger partial charge in [-0.25, -0.2) is 4.79 Å². The van der Waals surface area contributed by atoms with Gasteiger partial charge < -0.3 is 25.0 Å². The molecule has 0 bridgehead atoms. The fraction of sp³-hybridized carbons (Fsp3) is 0.412. The first-order valence-corrected chi connectivity index (χ1v) is 10.4. The van der Waals surface area contributed by atoms with Crippen molar-refractivity contribution in [3.63, 3.8) is 0 Å². The monoisotopic (exact) mass is 565 g/mol. The molecule has 2 heterocycles. The first-order chi connectivity index (χ1) is 12.6. The van der Waals surface area contributed by atoms with Gasteiger partial charge in [0, 0.05) is 19.3 Å². The molecule has 10 heteroatoms. The second-order valence-corrected chi connectivity index (χ2v) is 9.57. The molecule has 1 aromatic rings. The highest BCUT2D eigenvalue weighted by molar-refractivity contribution is 9.11. The van der Waals surface area contributed by atoms with Crippen LogP contribution in [0.5, 0.6) is 0 Å². The molecule has 2 aliphatic heterocycles. The zero-order valence-corrected chi connectivity index (χ0v) is 18.5. The van der Waals surface area contributed by atoms with E-state index in [0.29, 0.717) is 14.5 Å². The number of nitrogens with one attached hydrogen (secondary N) is 1. The smallest absolute Gasteiger partial charge is 0.340 e. The average Bonchev–Trinajstić information content (AvgIpc) is 2.97. The Kier molecular flexibility index (Phi) is 4.70. The molecule has 27 heavy (non-hydrogen) atoms. The number of amides is 1. The summed E-state index contributed by atoms with van der Waals surface area (Å²) < 4.78 is 12.6. The predicted molar refractivity (Wildman–Crippen MR) is 103 cm³/mol. The second kappa shape index (κ2) is 6.55. The van der Waals surface area contributed by atoms with Crippen LogP contribution in [0.25, 0.3) is 0 Å². The highest BCUT2D eigenvalue weighted by Gasteiger charge is 2.67. The Balaban J connectivity index is 1.69. The van der Waals surface area contributed by atoms with Gasteiger partial charge in [0.05, 0.1) is 29.4 Å². The van der Waals surface area contributed by atoms with Crippen molar-refractivity contribution in [1.82, 2.24) is 5.32 Å². The average molecular weight is 568 g/mol. The number of hydrogen-bond acceptors (Lipinski definition) is 6. The van der Waals surface area contributed by atoms with Crippen molar-refractivity contribution in [1.29, 1.82) is 0 Å². The van der Waals surface area contributed by atoms with E-state index in [-0.39, 0.29) is 11.5 Å². The van der Waals surface area contributed by atoms with Crippen molar-refractivity contribution in [2.24, 2.45) is 11.8 Å². The minimum atomic E-state index is -1.61. The number of rotatable bonds is 2. The van der Waals surface area contributed by atoms with Gasteiger partial charge in [0.1, 0.15) is 5.60 Å². The fourth-order valence-electron chi connectivity index (χ4n) is 4.20. The summed E-state index contributed by atoms with van der Waals surface area (Å²) in [5, 5.41) is 24.0. The largest absolute Gasteiger partial charge is 0.472 e. The Bertz CT molecular complexity index is 862. The van der Waals surface area contributed by atoms with Crippen LogP contribution < -0.4 is 5.32 Å². The summed E-state index contributed by atoms with van der Waals surface area (Å²) in [6, 6.07) is 2.74. The third-order valence-corrected chi connectivity index (χ3v) is 7.07. The maximum absolute atomic E-state index is 12.9. The molecule has 144 valence electrons. The highest BCUT2D eigenvalue weighted by Crippen LogP contribution is 2.52. The van der Waals surface area contributed by atoms with Gasteiger partial charge >= 0.3 is 5.97 Å². The van der Waals surface area contributed by atoms with Crippen molar-refractivity contribution in [3.8, 4) is 0 Å². The van der Waals surface area contributed by atoms with E-state index in [4.69, 9.17) is 9.47 Å². The van der Waals surface area contributed by atoms with Crippen LogP contribution in [0.15, 0.2) is 37.4 Å². The van der Waals surface area contributed by atoms with Crippen LogP contribution in [0, 0.1) is 11.8 Å². The van der Waals surface area contributed by atoms with Gasteiger partial charge in [-0.2, -0.15) is 0 Å². The lowest BCUT2D eigenvalue weighted by atomic mass is 9.81. The highest BCUT2D eigenvalue weighted by atomic mass is 79.9. The Hall–Kier alpha value is -0.940. The standard InChI is InChI=1S/C17H14Br3NO6/c1-17(25)11-9-6(4-26-16(11)24)14(22)21-12(9)13(17)27-15(23)10-7(19)2-5(18)3-8(10)20/h2-4,9,11-13,16,24-25H,1H3,(H,21,22)/t9-,11-,12+,13+,16?,17-/m1/s1. The normalized spacial score (nSPS) is 36.6. The third kappa shape index (κ3) is 2.88. The molecule has 1 amide bonds. The Labute approximate surface area is 179 Å². The quantitative estimate of drug-likeness (QED) is 0.474. The van der Waals surface area contributed by atoms with Gasteiger partial charge in [-0.1, -0.05) is 15.9 Å². The van der Waals surface area contributed by atoms with Crippen LogP contribution in [-0.2, 0) is 14.3 Å². The topological polar surface area (TPSA) is 105 Å². The number of hydrogen-bond donors (Lipinski definition) is 3. The molecule has 1 aliphatic carbocycles. The summed E-state index contributed by atoms with van der Waals surface area (Å²) in [6.45, 7) is 1.47. The maximum atomic E-state index is 12.9. The second-order valence-electron chi connectivity index (χ2n) is 6.95. The molecule has 1 unspecified atom stereocenters. The van der Waals surface area contributed by atoms with Gasteiger partial charge in [-0.15, -0.1) is 0 Å². The van der Waals surface area contributed by atoms with Crippen molar-refractivity contribution < 1.29 is 29.3 Å². The van der Waals surface area contributed by atoms with Crippen molar-refractivity contribution >= 4 is 59.7 Å². The molecule has 1 aromatic carbocycles. The summed E-state index contributed by atoms with van der Waals surface area (Å²) in [4.78, 5) is 25.0. The zero-order valence-electron chi connectivity index (χ0n) is 13.8. The van der Waals surface area contributed by atoms with E-state index in [1.54, 1.807) is 12.1 Å². The van der Waals surface area contributed by atoms with E-state index in [0.717, 1.165) is 4.47 Å². The number of carbonyl (C=O) groups is 2. The number of halogens is 3. The van der Waals surface area contributed by atoms with Gasteiger partial charge in [0.25, 0.3) is 5.91 Å². The minimum absolute atomic E-state index is 0.251. The van der Waals surface area contributed by atoms with Crippen LogP contribution in [0.4, 0.5) is 0 Å². The lowest BCUT2D eigenvalue weighted by Gasteiger charge is -2.36. The van der Waals surface area contributed by atoms with Gasteiger partial charge in [-0.3, -0.25) is 4.79 Å². The van der Waals surface area contributed by atoms with E-state index in [9.17, 15) is 19.8 Å². The lowest BCUT2D eigenvalue weighted by molar-refractivity contribution is -0.178. The molecule has 0 spiro atoms. The van der Waals surface area contributed by atoms with Gasteiger partial charge in [0.15, 0.2) is 6.10 Å². The first-order valence-electron chi connectivity index (χ1n) is 8.05. The number of esters is 1. The molecule has 1 saturated heterocycles. The SMILES string of the molecule is C[C@]1(O)[C@@H](OC(=O)c2c(Br)cc(Br)cc2Br)[C@H]2NC(=O)C3=COC(O)[C@H]1[C@@H]32. The van der Waals surface area contributed by atoms with Crippen LogP contribution >= 0.6 is 47.8 Å². The number of aliphatic hydroxyl groups excluding tert-OH is 1. The van der Waals surface area contributed by atoms with Gasteiger partial charge in [-0.05, 0) is 50.9 Å². The van der Waals surface area contributed by atoms with Crippen molar-refractivity contribution in [3.05, 3.63) is 42.9 Å². The van der Waals surface area contributed by atoms with Crippen LogP contribution in [-0.4, -0.2) is 46.1 Å². The van der Waals surface area contributed by atoms with Crippen molar-refractivity contribution in [2.75, 3.05) is 0 Å². The third-order valence-electron chi connectivity index (χ3n) is 5.36. The van der Waals surface area contributed by atoms with E-state index in [1.165, 1.54) is 13.2 Å². The molecule has 0 radical (unpaired) electrons. The van der Waals surface area contributed by atoms with E-state index >= 15 is 0 Å². The minimum Gasteiger partial charge on any atom is -0.472 e. The lowest BCUT2D eigenvalue weighted by Crippen LogP contribution is -2.52. The molecular formula is C17H14Br3NO6. The summed E-state index contributed by atoms with van der Waals surface area (Å²) >= 11 is 10.0. The summed E-state index contributed by atoms with van der Waals surface area (Å²) in [7, 11) is 0. The number of benzene rings is 1. The summed E-state index contributed by atoms with van der Waals surface area (Å²) in [5.74, 6) is -2.35. The number of aliphatic hydroxyl groups is 2. The number of carbonyl (C=O) groups excluding carboxylic acids is 2. The van der Waals surface area contributed by atoms with E-state index in [1.807, 2.05) is 0 Å². The molecule has 0 aromatic heterocycles. The fourth-order valence-corrected chi connectivity index (χ4v) is 6.78. The Morgan fingerprint density at radius 2 is 1.93 bits per heavy atom. The first kappa shape index (κ1) is 19.4. The Morgan fingerprint density at radius 1 is 1.30 bits per heavy atom. The molecule has 2 fully saturated rings. The van der Waals surface area contributed by atoms with Crippen molar-refractivity contribution in [2.45, 2.75) is 31.0 Å². The van der Waals surface area contributed by atoms with Crippen LogP contribution in [0.3, 0.4) is 0 Å². The van der Waals surface area contributed by atoms with Gasteiger partial charge in [0.2, 0.25) is 6.29 Å². The Morgan fingerprint density at radius 3 is 2.56 bits per heavy atom. The number of ether oxygens (including phenoxy) is 2. The molecule has 3 N–H and O–H groups in total. The summed E-state index contributed by atoms with van der Waals surface area (Å²) in [6.07, 6.45) is -1.16. The molecule has 4 rings (SSSR count). The zero-order chi connectivity index (χ0) is 19.7. The van der Waals surface area contributed by atoms with Crippen LogP contribution in [0.2, 0.25) is 0 Å². The molecule has 1 saturated carbocycles. The van der Waals surface area contributed by atoms with Crippen LogP contribution in [0.1, 0.15) is 17.3 Å². The summed E-state index contributed by atoms with van der Waals surface area (Å²) in [5.41, 5.74) is -1.02. The van der Waals surface area contributed by atoms with E-state index < -0.39 is 41.8 Å². The van der Waals surface area contributed by atoms with E-state index in [2.05, 4.69) is 53.1 Å². The molecule has 7 nitrogen and oxygen atoms in total.